The molecule has 0 saturated heterocycles. The summed E-state index contributed by atoms with van der Waals surface area (Å²) in [6, 6.07) is 0. The first kappa shape index (κ1) is 11.0. The van der Waals surface area contributed by atoms with E-state index >= 15 is 0 Å². The van der Waals surface area contributed by atoms with E-state index in [1.54, 1.807) is 0 Å². The summed E-state index contributed by atoms with van der Waals surface area (Å²) in [5.74, 6) is -2.01. The molecule has 0 aromatic carbocycles. The molecule has 0 aromatic heterocycles. The first-order valence-corrected chi connectivity index (χ1v) is 4.78. The van der Waals surface area contributed by atoms with Gasteiger partial charge in [-0.3, -0.25) is 24.1 Å². The van der Waals surface area contributed by atoms with Gasteiger partial charge in [-0.15, -0.1) is 0 Å². The number of rotatable bonds is 3. The van der Waals surface area contributed by atoms with Gasteiger partial charge in [-0.05, 0) is 0 Å². The van der Waals surface area contributed by atoms with Crippen LogP contribution in [0.25, 0.3) is 0 Å². The predicted octanol–water partition coefficient (Wildman–Crippen LogP) is -0.650. The monoisotopic (exact) mass is 232 g/mol. The van der Waals surface area contributed by atoms with Crippen molar-refractivity contribution in [1.29, 1.82) is 0 Å². The van der Waals surface area contributed by atoms with Gasteiger partial charge in [0.05, 0.1) is 6.54 Å². The first-order valence-electron chi connectivity index (χ1n) is 4.78. The Balaban J connectivity index is 2.08. The Morgan fingerprint density at radius 3 is 1.76 bits per heavy atom. The van der Waals surface area contributed by atoms with Crippen LogP contribution in [0.2, 0.25) is 0 Å². The smallest absolute Gasteiger partial charge is 0.257 e. The van der Waals surface area contributed by atoms with Crippen LogP contribution < -0.4 is 0 Å². The quantitative estimate of drug-likeness (QED) is 0.606. The first-order chi connectivity index (χ1) is 8.00. The van der Waals surface area contributed by atoms with E-state index in [1.165, 1.54) is 0 Å². The van der Waals surface area contributed by atoms with Crippen LogP contribution in [0.15, 0.2) is 36.6 Å². The minimum absolute atomic E-state index is 0.0930. The highest BCUT2D eigenvalue weighted by molar-refractivity contribution is 6.15. The van der Waals surface area contributed by atoms with Gasteiger partial charge in [0.15, 0.2) is 0 Å². The summed E-state index contributed by atoms with van der Waals surface area (Å²) < 4.78 is 0. The molecule has 0 spiro atoms. The molecule has 6 nitrogen and oxygen atoms in total. The number of amides is 4. The molecule has 0 bridgehead atoms. The largest absolute Gasteiger partial charge is 0.269 e. The summed E-state index contributed by atoms with van der Waals surface area (Å²) in [6.45, 7) is 3.36. The normalized spacial score (nSPS) is 18.8. The van der Waals surface area contributed by atoms with Crippen LogP contribution in [-0.2, 0) is 19.2 Å². The van der Waals surface area contributed by atoms with Crippen LogP contribution in [0.1, 0.15) is 0 Å². The topological polar surface area (TPSA) is 74.8 Å². The van der Waals surface area contributed by atoms with Gasteiger partial charge in [0.1, 0.15) is 0 Å². The minimum atomic E-state index is -0.521. The molecule has 0 aliphatic carbocycles. The number of imide groups is 2. The fraction of sp³-hybridized carbons (Fsp3) is 0.0909. The molecule has 0 fully saturated rings. The fourth-order valence-corrected chi connectivity index (χ4v) is 1.55. The van der Waals surface area contributed by atoms with Crippen LogP contribution >= 0.6 is 0 Å². The molecule has 6 heteroatoms. The van der Waals surface area contributed by atoms with Crippen LogP contribution in [-0.4, -0.2) is 40.0 Å². The van der Waals surface area contributed by atoms with Crippen molar-refractivity contribution in [2.75, 3.05) is 6.54 Å². The summed E-state index contributed by atoms with van der Waals surface area (Å²) in [7, 11) is 0. The summed E-state index contributed by atoms with van der Waals surface area (Å²) in [6.07, 6.45) is 4.47. The molecule has 4 amide bonds. The highest BCUT2D eigenvalue weighted by atomic mass is 16.2. The number of carbonyl (C=O) groups is 4. The Morgan fingerprint density at radius 1 is 0.882 bits per heavy atom. The molecule has 0 aromatic rings. The molecular formula is C11H8N2O4. The lowest BCUT2D eigenvalue weighted by atomic mass is 10.3. The van der Waals surface area contributed by atoms with Crippen molar-refractivity contribution in [2.45, 2.75) is 0 Å². The Bertz CT molecular complexity index is 480. The molecular weight excluding hydrogens is 224 g/mol. The van der Waals surface area contributed by atoms with Crippen molar-refractivity contribution >= 4 is 23.6 Å². The predicted molar refractivity (Wildman–Crippen MR) is 56.0 cm³/mol. The summed E-state index contributed by atoms with van der Waals surface area (Å²) >= 11 is 0. The molecule has 0 N–H and O–H groups in total. The molecule has 17 heavy (non-hydrogen) atoms. The van der Waals surface area contributed by atoms with Crippen LogP contribution in [0.5, 0.6) is 0 Å². The van der Waals surface area contributed by atoms with Crippen molar-refractivity contribution in [3.8, 4) is 0 Å². The zero-order valence-electron chi connectivity index (χ0n) is 8.75. The van der Waals surface area contributed by atoms with Gasteiger partial charge < -0.3 is 0 Å². The van der Waals surface area contributed by atoms with E-state index in [9.17, 15) is 19.2 Å². The summed E-state index contributed by atoms with van der Waals surface area (Å²) in [5.41, 5.74) is 0.0930. The number of hydrogen-bond acceptors (Lipinski definition) is 4. The van der Waals surface area contributed by atoms with E-state index < -0.39 is 23.6 Å². The lowest BCUT2D eigenvalue weighted by molar-refractivity contribution is -0.139. The second-order valence-corrected chi connectivity index (χ2v) is 3.51. The van der Waals surface area contributed by atoms with E-state index in [4.69, 9.17) is 0 Å². The highest BCUT2D eigenvalue weighted by Crippen LogP contribution is 2.14. The van der Waals surface area contributed by atoms with Crippen molar-refractivity contribution in [3.05, 3.63) is 36.6 Å². The number of nitrogens with zero attached hydrogens (tertiary/aromatic N) is 2. The lowest BCUT2D eigenvalue weighted by Gasteiger charge is -2.21. The molecule has 0 unspecified atom stereocenters. The van der Waals surface area contributed by atoms with E-state index in [0.717, 1.165) is 34.1 Å². The molecule has 86 valence electrons. The molecule has 0 radical (unpaired) electrons. The molecule has 0 atom stereocenters. The SMILES string of the molecule is C=C(CN1C(=O)C=CC1=O)N1C(=O)C=CC1=O. The third-order valence-electron chi connectivity index (χ3n) is 2.37. The third kappa shape index (κ3) is 1.80. The molecule has 2 heterocycles. The average Bonchev–Trinajstić information content (AvgIpc) is 2.75. The Labute approximate surface area is 96.5 Å². The number of carbonyl (C=O) groups excluding carboxylic acids is 4. The third-order valence-corrected chi connectivity index (χ3v) is 2.37. The molecule has 2 rings (SSSR count). The Morgan fingerprint density at radius 2 is 1.29 bits per heavy atom. The van der Waals surface area contributed by atoms with Gasteiger partial charge in [-0.25, -0.2) is 4.90 Å². The van der Waals surface area contributed by atoms with Crippen molar-refractivity contribution in [3.63, 3.8) is 0 Å². The average molecular weight is 232 g/mol. The summed E-state index contributed by atoms with van der Waals surface area (Å²) in [5, 5.41) is 0. The second kappa shape index (κ2) is 3.82. The Kier molecular flexibility index (Phi) is 2.47. The van der Waals surface area contributed by atoms with Crippen molar-refractivity contribution in [2.24, 2.45) is 0 Å². The highest BCUT2D eigenvalue weighted by Gasteiger charge is 2.30. The van der Waals surface area contributed by atoms with E-state index in [0.29, 0.717) is 0 Å². The van der Waals surface area contributed by atoms with Crippen molar-refractivity contribution < 1.29 is 19.2 Å². The van der Waals surface area contributed by atoms with E-state index in [-0.39, 0.29) is 12.2 Å². The zero-order valence-corrected chi connectivity index (χ0v) is 8.75. The van der Waals surface area contributed by atoms with Crippen LogP contribution in [0, 0.1) is 0 Å². The Hall–Kier alpha value is -2.50. The second-order valence-electron chi connectivity index (χ2n) is 3.51. The van der Waals surface area contributed by atoms with Gasteiger partial charge in [-0.2, -0.15) is 0 Å². The van der Waals surface area contributed by atoms with Crippen LogP contribution in [0.4, 0.5) is 0 Å². The van der Waals surface area contributed by atoms with E-state index in [2.05, 4.69) is 6.58 Å². The fourth-order valence-electron chi connectivity index (χ4n) is 1.55. The van der Waals surface area contributed by atoms with Crippen molar-refractivity contribution in [1.82, 2.24) is 9.80 Å². The number of hydrogen-bond donors (Lipinski definition) is 0. The van der Waals surface area contributed by atoms with Gasteiger partial charge >= 0.3 is 0 Å². The molecule has 2 aliphatic rings. The summed E-state index contributed by atoms with van der Waals surface area (Å²) in [4.78, 5) is 46.9. The standard InChI is InChI=1S/C11H8N2O4/c1-7(13-10(16)4-5-11(13)17)6-12-8(14)2-3-9(12)15/h2-5H,1,6H2. The maximum absolute atomic E-state index is 11.3. The van der Waals surface area contributed by atoms with Gasteiger partial charge in [-0.1, -0.05) is 6.58 Å². The van der Waals surface area contributed by atoms with Gasteiger partial charge in [0.2, 0.25) is 0 Å². The molecule has 0 saturated carbocycles. The van der Waals surface area contributed by atoms with Crippen LogP contribution in [0.3, 0.4) is 0 Å². The lowest BCUT2D eigenvalue weighted by Crippen LogP contribution is -2.38. The van der Waals surface area contributed by atoms with Gasteiger partial charge in [0, 0.05) is 30.0 Å². The minimum Gasteiger partial charge on any atom is -0.269 e. The maximum atomic E-state index is 11.3. The van der Waals surface area contributed by atoms with Gasteiger partial charge in [0.25, 0.3) is 23.6 Å². The maximum Gasteiger partial charge on any atom is 0.257 e. The molecule has 2 aliphatic heterocycles. The zero-order chi connectivity index (χ0) is 12.6. The van der Waals surface area contributed by atoms with E-state index in [1.807, 2.05) is 0 Å².